The molecule has 1 saturated heterocycles. The number of rotatable bonds is 5. The fourth-order valence-corrected chi connectivity index (χ4v) is 4.46. The van der Waals surface area contributed by atoms with Gasteiger partial charge < -0.3 is 25.0 Å². The Hall–Kier alpha value is -4.53. The first kappa shape index (κ1) is 26.1. The van der Waals surface area contributed by atoms with E-state index < -0.39 is 5.60 Å². The molecule has 5 rings (SSSR count). The monoisotopic (exact) mass is 526 g/mol. The quantitative estimate of drug-likeness (QED) is 0.342. The van der Waals surface area contributed by atoms with Crippen LogP contribution in [0.25, 0.3) is 17.1 Å². The maximum absolute atomic E-state index is 12.4. The number of anilines is 3. The fourth-order valence-electron chi connectivity index (χ4n) is 4.46. The highest BCUT2D eigenvalue weighted by Gasteiger charge is 2.26. The van der Waals surface area contributed by atoms with Crippen LogP contribution < -0.4 is 10.2 Å². The highest BCUT2D eigenvalue weighted by molar-refractivity contribution is 5.69. The van der Waals surface area contributed by atoms with Crippen molar-refractivity contribution in [3.05, 3.63) is 78.4 Å². The van der Waals surface area contributed by atoms with Crippen molar-refractivity contribution in [2.24, 2.45) is 0 Å². The SMILES string of the molecule is Cc1ccccc1Nc1nc(-c2ccccc2O)nn1-c1ccc(N2CCN(C(=O)OC(C)(C)C)CC2)cc1. The van der Waals surface area contributed by atoms with Crippen molar-refractivity contribution in [3.63, 3.8) is 0 Å². The van der Waals surface area contributed by atoms with Crippen LogP contribution in [0.3, 0.4) is 0 Å². The summed E-state index contributed by atoms with van der Waals surface area (Å²) in [6.45, 7) is 10.3. The standard InChI is InChI=1S/C30H34N6O3/c1-21-9-5-7-11-25(21)31-28-32-27(24-10-6-8-12-26(24)37)33-36(28)23-15-13-22(14-16-23)34-17-19-35(20-18-34)29(38)39-30(2,3)4/h5-16,37H,17-20H2,1-4H3,(H,31,32,33). The summed E-state index contributed by atoms with van der Waals surface area (Å²) >= 11 is 0. The largest absolute Gasteiger partial charge is 0.507 e. The minimum atomic E-state index is -0.503. The summed E-state index contributed by atoms with van der Waals surface area (Å²) in [5.74, 6) is 1.09. The Balaban J connectivity index is 1.37. The second kappa shape index (κ2) is 10.7. The number of benzene rings is 3. The Morgan fingerprint density at radius 2 is 1.54 bits per heavy atom. The number of aromatic hydroxyl groups is 1. The van der Waals surface area contributed by atoms with Crippen LogP contribution in [0.5, 0.6) is 5.75 Å². The van der Waals surface area contributed by atoms with E-state index in [4.69, 9.17) is 14.8 Å². The Bertz CT molecular complexity index is 1450. The van der Waals surface area contributed by atoms with Gasteiger partial charge in [0, 0.05) is 37.6 Å². The Kier molecular flexibility index (Phi) is 7.15. The normalized spacial score (nSPS) is 13.8. The number of carbonyl (C=O) groups is 1. The zero-order chi connectivity index (χ0) is 27.6. The molecule has 0 saturated carbocycles. The summed E-state index contributed by atoms with van der Waals surface area (Å²) < 4.78 is 7.26. The van der Waals surface area contributed by atoms with E-state index in [1.54, 1.807) is 27.8 Å². The van der Waals surface area contributed by atoms with E-state index in [9.17, 15) is 9.90 Å². The van der Waals surface area contributed by atoms with Crippen LogP contribution >= 0.6 is 0 Å². The van der Waals surface area contributed by atoms with Gasteiger partial charge in [-0.15, -0.1) is 5.10 Å². The molecule has 0 unspecified atom stereocenters. The first-order valence-electron chi connectivity index (χ1n) is 13.1. The molecular formula is C30H34N6O3. The van der Waals surface area contributed by atoms with E-state index in [1.807, 2.05) is 70.2 Å². The summed E-state index contributed by atoms with van der Waals surface area (Å²) in [6.07, 6.45) is -0.266. The van der Waals surface area contributed by atoms with Crippen LogP contribution in [0, 0.1) is 6.92 Å². The predicted octanol–water partition coefficient (Wildman–Crippen LogP) is 5.75. The number of aryl methyl sites for hydroxylation is 1. The van der Waals surface area contributed by atoms with E-state index in [0.29, 0.717) is 30.4 Å². The number of phenolic OH excluding ortho intramolecular Hbond substituents is 1. The van der Waals surface area contributed by atoms with E-state index in [2.05, 4.69) is 22.3 Å². The van der Waals surface area contributed by atoms with Gasteiger partial charge in [0.05, 0.1) is 11.3 Å². The summed E-state index contributed by atoms with van der Waals surface area (Å²) in [5.41, 5.74) is 3.96. The lowest BCUT2D eigenvalue weighted by molar-refractivity contribution is 0.0240. The van der Waals surface area contributed by atoms with E-state index in [-0.39, 0.29) is 11.8 Å². The fraction of sp³-hybridized carbons (Fsp3) is 0.300. The third kappa shape index (κ3) is 5.98. The number of carbonyl (C=O) groups excluding carboxylic acids is 1. The molecule has 3 aromatic carbocycles. The second-order valence-electron chi connectivity index (χ2n) is 10.6. The van der Waals surface area contributed by atoms with Crippen LogP contribution in [-0.2, 0) is 4.74 Å². The van der Waals surface area contributed by atoms with Crippen molar-refractivity contribution in [2.75, 3.05) is 36.4 Å². The molecule has 1 fully saturated rings. The number of ether oxygens (including phenoxy) is 1. The van der Waals surface area contributed by atoms with Crippen LogP contribution in [0.4, 0.5) is 22.1 Å². The number of aromatic nitrogens is 3. The maximum Gasteiger partial charge on any atom is 0.410 e. The molecule has 9 nitrogen and oxygen atoms in total. The molecule has 2 heterocycles. The molecule has 1 aliphatic heterocycles. The van der Waals surface area contributed by atoms with E-state index in [0.717, 1.165) is 35.7 Å². The third-order valence-corrected chi connectivity index (χ3v) is 6.53. The maximum atomic E-state index is 12.4. The molecule has 39 heavy (non-hydrogen) atoms. The number of para-hydroxylation sites is 2. The van der Waals surface area contributed by atoms with Crippen LogP contribution in [0.2, 0.25) is 0 Å². The number of piperazine rings is 1. The minimum absolute atomic E-state index is 0.123. The third-order valence-electron chi connectivity index (χ3n) is 6.53. The molecule has 9 heteroatoms. The van der Waals surface area contributed by atoms with Crippen molar-refractivity contribution in [2.45, 2.75) is 33.3 Å². The average Bonchev–Trinajstić information content (AvgIpc) is 3.33. The highest BCUT2D eigenvalue weighted by Crippen LogP contribution is 2.30. The van der Waals surface area contributed by atoms with Gasteiger partial charge >= 0.3 is 6.09 Å². The van der Waals surface area contributed by atoms with Crippen molar-refractivity contribution in [3.8, 4) is 22.8 Å². The lowest BCUT2D eigenvalue weighted by Crippen LogP contribution is -2.50. The lowest BCUT2D eigenvalue weighted by atomic mass is 10.2. The predicted molar refractivity (Wildman–Crippen MR) is 153 cm³/mol. The van der Waals surface area contributed by atoms with Gasteiger partial charge in [0.15, 0.2) is 5.82 Å². The highest BCUT2D eigenvalue weighted by atomic mass is 16.6. The Labute approximate surface area is 228 Å². The first-order valence-corrected chi connectivity index (χ1v) is 13.1. The topological polar surface area (TPSA) is 95.8 Å². The van der Waals surface area contributed by atoms with Gasteiger partial charge in [0.1, 0.15) is 11.4 Å². The summed E-state index contributed by atoms with van der Waals surface area (Å²) in [7, 11) is 0. The summed E-state index contributed by atoms with van der Waals surface area (Å²) in [6, 6.07) is 23.1. The van der Waals surface area contributed by atoms with E-state index in [1.165, 1.54) is 0 Å². The van der Waals surface area contributed by atoms with Crippen molar-refractivity contribution < 1.29 is 14.6 Å². The zero-order valence-corrected chi connectivity index (χ0v) is 22.8. The molecule has 0 atom stereocenters. The molecular weight excluding hydrogens is 492 g/mol. The number of amides is 1. The van der Waals surface area contributed by atoms with Gasteiger partial charge in [-0.3, -0.25) is 0 Å². The number of nitrogens with zero attached hydrogens (tertiary/aromatic N) is 5. The summed E-state index contributed by atoms with van der Waals surface area (Å²) in [5, 5.41) is 18.6. The average molecular weight is 527 g/mol. The molecule has 4 aromatic rings. The molecule has 1 aliphatic rings. The number of phenols is 1. The molecule has 0 spiro atoms. The molecule has 1 amide bonds. The molecule has 202 valence electrons. The number of hydrogen-bond donors (Lipinski definition) is 2. The number of nitrogens with one attached hydrogen (secondary N) is 1. The van der Waals surface area contributed by atoms with Crippen molar-refractivity contribution in [1.29, 1.82) is 0 Å². The second-order valence-corrected chi connectivity index (χ2v) is 10.6. The lowest BCUT2D eigenvalue weighted by Gasteiger charge is -2.36. The smallest absolute Gasteiger partial charge is 0.410 e. The zero-order valence-electron chi connectivity index (χ0n) is 22.8. The van der Waals surface area contributed by atoms with Gasteiger partial charge in [-0.1, -0.05) is 30.3 Å². The van der Waals surface area contributed by atoms with Crippen molar-refractivity contribution >= 4 is 23.4 Å². The van der Waals surface area contributed by atoms with Crippen LogP contribution in [0.15, 0.2) is 72.8 Å². The van der Waals surface area contributed by atoms with Crippen LogP contribution in [0.1, 0.15) is 26.3 Å². The Morgan fingerprint density at radius 3 is 2.21 bits per heavy atom. The Morgan fingerprint density at radius 1 is 0.897 bits per heavy atom. The number of hydrogen-bond acceptors (Lipinski definition) is 7. The van der Waals surface area contributed by atoms with Gasteiger partial charge in [-0.05, 0) is 75.7 Å². The summed E-state index contributed by atoms with van der Waals surface area (Å²) in [4.78, 5) is 21.2. The van der Waals surface area contributed by atoms with Gasteiger partial charge in [-0.2, -0.15) is 9.67 Å². The first-order chi connectivity index (χ1) is 18.7. The molecule has 0 aliphatic carbocycles. The molecule has 0 radical (unpaired) electrons. The van der Waals surface area contributed by atoms with Crippen molar-refractivity contribution in [1.82, 2.24) is 19.7 Å². The van der Waals surface area contributed by atoms with Crippen LogP contribution in [-0.4, -0.2) is 62.6 Å². The van der Waals surface area contributed by atoms with E-state index >= 15 is 0 Å². The molecule has 0 bridgehead atoms. The minimum Gasteiger partial charge on any atom is -0.507 e. The van der Waals surface area contributed by atoms with Gasteiger partial charge in [0.25, 0.3) is 0 Å². The van der Waals surface area contributed by atoms with Gasteiger partial charge in [0.2, 0.25) is 5.95 Å². The molecule has 1 aromatic heterocycles. The van der Waals surface area contributed by atoms with Gasteiger partial charge in [-0.25, -0.2) is 4.79 Å². The molecule has 2 N–H and O–H groups in total.